The summed E-state index contributed by atoms with van der Waals surface area (Å²) in [5.74, 6) is 0. The van der Waals surface area contributed by atoms with Crippen LogP contribution in [-0.2, 0) is 13.2 Å². The van der Waals surface area contributed by atoms with Gasteiger partial charge in [0.25, 0.3) is 5.56 Å². The first-order valence-corrected chi connectivity index (χ1v) is 9.41. The molecular weight excluding hydrogens is 397 g/mol. The molecule has 28 heavy (non-hydrogen) atoms. The average Bonchev–Trinajstić information content (AvgIpc) is 3.14. The highest BCUT2D eigenvalue weighted by molar-refractivity contribution is 6.42. The Morgan fingerprint density at radius 2 is 1.86 bits per heavy atom. The van der Waals surface area contributed by atoms with Crippen molar-refractivity contribution in [1.82, 2.24) is 24.5 Å². The predicted octanol–water partition coefficient (Wildman–Crippen LogP) is 3.98. The number of fused-ring (bicyclic) bond motifs is 1. The van der Waals surface area contributed by atoms with Crippen LogP contribution in [0.2, 0.25) is 10.0 Å². The van der Waals surface area contributed by atoms with Gasteiger partial charge in [-0.1, -0.05) is 53.5 Å². The molecule has 6 nitrogen and oxygen atoms in total. The average molecular weight is 414 g/mol. The van der Waals surface area contributed by atoms with Gasteiger partial charge in [-0.05, 0) is 30.8 Å². The zero-order valence-corrected chi connectivity index (χ0v) is 16.6. The fraction of sp³-hybridized carbons (Fsp3) is 0.150. The maximum atomic E-state index is 12.8. The fourth-order valence-corrected chi connectivity index (χ4v) is 3.39. The van der Waals surface area contributed by atoms with E-state index in [2.05, 4.69) is 10.2 Å². The molecule has 0 spiro atoms. The summed E-state index contributed by atoms with van der Waals surface area (Å²) in [6, 6.07) is 15.2. The van der Waals surface area contributed by atoms with Crippen LogP contribution in [0, 0.1) is 0 Å². The lowest BCUT2D eigenvalue weighted by molar-refractivity contribution is 0.241. The van der Waals surface area contributed by atoms with Gasteiger partial charge in [0, 0.05) is 18.1 Å². The number of halogens is 2. The summed E-state index contributed by atoms with van der Waals surface area (Å²) in [7, 11) is 1.89. The SMILES string of the molecule is CN(Cc1cccc(Cl)c1Cl)Cn1ncc2cn(-c3ccccc3)nc2c1=O. The molecule has 0 aliphatic rings. The predicted molar refractivity (Wildman–Crippen MR) is 111 cm³/mol. The van der Waals surface area contributed by atoms with E-state index < -0.39 is 0 Å². The van der Waals surface area contributed by atoms with Gasteiger partial charge in [0.05, 0.1) is 28.6 Å². The summed E-state index contributed by atoms with van der Waals surface area (Å²) >= 11 is 12.3. The fourth-order valence-electron chi connectivity index (χ4n) is 3.01. The Hall–Kier alpha value is -2.67. The quantitative estimate of drug-likeness (QED) is 0.496. The Morgan fingerprint density at radius 3 is 2.64 bits per heavy atom. The molecule has 2 heterocycles. The lowest BCUT2D eigenvalue weighted by Gasteiger charge is -2.18. The van der Waals surface area contributed by atoms with Crippen LogP contribution in [0.15, 0.2) is 65.7 Å². The molecule has 0 fully saturated rings. The first-order chi connectivity index (χ1) is 13.5. The number of hydrogen-bond acceptors (Lipinski definition) is 4. The molecule has 8 heteroatoms. The number of rotatable bonds is 5. The van der Waals surface area contributed by atoms with E-state index in [0.717, 1.165) is 11.3 Å². The van der Waals surface area contributed by atoms with Crippen LogP contribution in [0.5, 0.6) is 0 Å². The second-order valence-corrected chi connectivity index (χ2v) is 7.32. The molecule has 0 bridgehead atoms. The van der Waals surface area contributed by atoms with Crippen LogP contribution < -0.4 is 5.56 Å². The molecule has 2 aromatic carbocycles. The zero-order valence-electron chi connectivity index (χ0n) is 15.1. The summed E-state index contributed by atoms with van der Waals surface area (Å²) in [6.45, 7) is 0.833. The van der Waals surface area contributed by atoms with Gasteiger partial charge < -0.3 is 0 Å². The molecule has 2 aromatic heterocycles. The van der Waals surface area contributed by atoms with Gasteiger partial charge in [-0.3, -0.25) is 9.69 Å². The van der Waals surface area contributed by atoms with Gasteiger partial charge in [-0.2, -0.15) is 10.2 Å². The molecule has 0 unspecified atom stereocenters. The van der Waals surface area contributed by atoms with Crippen molar-refractivity contribution in [3.8, 4) is 5.69 Å². The minimum Gasteiger partial charge on any atom is -0.283 e. The highest BCUT2D eigenvalue weighted by Gasteiger charge is 2.12. The van der Waals surface area contributed by atoms with Crippen molar-refractivity contribution in [2.75, 3.05) is 7.05 Å². The molecule has 0 amide bonds. The van der Waals surface area contributed by atoms with Gasteiger partial charge in [0.15, 0.2) is 5.52 Å². The highest BCUT2D eigenvalue weighted by Crippen LogP contribution is 2.26. The highest BCUT2D eigenvalue weighted by atomic mass is 35.5. The second kappa shape index (κ2) is 7.75. The molecule has 0 radical (unpaired) electrons. The van der Waals surface area contributed by atoms with E-state index >= 15 is 0 Å². The maximum Gasteiger partial charge on any atom is 0.296 e. The third-order valence-corrected chi connectivity index (χ3v) is 5.24. The van der Waals surface area contributed by atoms with E-state index in [4.69, 9.17) is 23.2 Å². The Morgan fingerprint density at radius 1 is 1.07 bits per heavy atom. The molecule has 0 atom stereocenters. The maximum absolute atomic E-state index is 12.8. The third-order valence-electron chi connectivity index (χ3n) is 4.38. The van der Waals surface area contributed by atoms with E-state index in [1.54, 1.807) is 23.1 Å². The van der Waals surface area contributed by atoms with Crippen molar-refractivity contribution in [3.05, 3.63) is 86.9 Å². The Balaban J connectivity index is 1.60. The Labute approximate surface area is 171 Å². The van der Waals surface area contributed by atoms with Crippen LogP contribution in [0.4, 0.5) is 0 Å². The van der Waals surface area contributed by atoms with E-state index in [0.29, 0.717) is 34.2 Å². The number of hydrogen-bond donors (Lipinski definition) is 0. The molecule has 0 saturated carbocycles. The number of benzene rings is 2. The molecule has 142 valence electrons. The topological polar surface area (TPSA) is 56.0 Å². The van der Waals surface area contributed by atoms with Crippen molar-refractivity contribution in [2.45, 2.75) is 13.2 Å². The molecule has 0 N–H and O–H groups in total. The Bertz CT molecular complexity index is 1190. The smallest absolute Gasteiger partial charge is 0.283 e. The number of para-hydroxylation sites is 1. The molecule has 4 aromatic rings. The second-order valence-electron chi connectivity index (χ2n) is 6.53. The van der Waals surface area contributed by atoms with Gasteiger partial charge in [-0.25, -0.2) is 9.36 Å². The lowest BCUT2D eigenvalue weighted by atomic mass is 10.2. The van der Waals surface area contributed by atoms with Gasteiger partial charge >= 0.3 is 0 Å². The zero-order chi connectivity index (χ0) is 19.7. The molecule has 0 saturated heterocycles. The van der Waals surface area contributed by atoms with Crippen molar-refractivity contribution in [3.63, 3.8) is 0 Å². The summed E-state index contributed by atoms with van der Waals surface area (Å²) in [6.07, 6.45) is 3.46. The van der Waals surface area contributed by atoms with Crippen molar-refractivity contribution < 1.29 is 0 Å². The largest absolute Gasteiger partial charge is 0.296 e. The van der Waals surface area contributed by atoms with Gasteiger partial charge in [0.1, 0.15) is 0 Å². The van der Waals surface area contributed by atoms with Crippen LogP contribution in [0.25, 0.3) is 16.6 Å². The normalized spacial score (nSPS) is 11.4. The van der Waals surface area contributed by atoms with E-state index in [1.807, 2.05) is 54.4 Å². The summed E-state index contributed by atoms with van der Waals surface area (Å²) in [4.78, 5) is 14.8. The van der Waals surface area contributed by atoms with E-state index in [1.165, 1.54) is 4.68 Å². The van der Waals surface area contributed by atoms with Gasteiger partial charge in [-0.15, -0.1) is 0 Å². The molecule has 4 rings (SSSR count). The molecular formula is C20H17Cl2N5O. The van der Waals surface area contributed by atoms with E-state index in [-0.39, 0.29) is 5.56 Å². The number of aromatic nitrogens is 4. The first kappa shape index (κ1) is 18.7. The third kappa shape index (κ3) is 3.67. The molecule has 0 aliphatic heterocycles. The monoisotopic (exact) mass is 413 g/mol. The minimum atomic E-state index is -0.240. The standard InChI is InChI=1S/C20H17Cl2N5O/c1-25(11-14-6-5-9-17(21)18(14)22)13-27-20(28)19-15(10-23-27)12-26(24-19)16-7-3-2-4-8-16/h2-10,12H,11,13H2,1H3. The van der Waals surface area contributed by atoms with E-state index in [9.17, 15) is 4.79 Å². The number of nitrogens with zero attached hydrogens (tertiary/aromatic N) is 5. The summed E-state index contributed by atoms with van der Waals surface area (Å²) in [5.41, 5.74) is 1.92. The lowest BCUT2D eigenvalue weighted by Crippen LogP contribution is -2.31. The van der Waals surface area contributed by atoms with Crippen molar-refractivity contribution >= 4 is 34.1 Å². The van der Waals surface area contributed by atoms with Crippen molar-refractivity contribution in [1.29, 1.82) is 0 Å². The summed E-state index contributed by atoms with van der Waals surface area (Å²) < 4.78 is 3.08. The van der Waals surface area contributed by atoms with Crippen molar-refractivity contribution in [2.24, 2.45) is 0 Å². The van der Waals surface area contributed by atoms with Crippen LogP contribution in [-0.4, -0.2) is 31.5 Å². The summed E-state index contributed by atoms with van der Waals surface area (Å²) in [5, 5.41) is 10.5. The minimum absolute atomic E-state index is 0.240. The van der Waals surface area contributed by atoms with Crippen LogP contribution >= 0.6 is 23.2 Å². The van der Waals surface area contributed by atoms with Crippen LogP contribution in [0.1, 0.15) is 5.56 Å². The van der Waals surface area contributed by atoms with Gasteiger partial charge in [0.2, 0.25) is 0 Å². The molecule has 0 aliphatic carbocycles. The van der Waals surface area contributed by atoms with Crippen LogP contribution in [0.3, 0.4) is 0 Å². The first-order valence-electron chi connectivity index (χ1n) is 8.65. The Kier molecular flexibility index (Phi) is 5.17.